The van der Waals surface area contributed by atoms with E-state index in [-0.39, 0.29) is 18.7 Å². The van der Waals surface area contributed by atoms with E-state index in [1.165, 1.54) is 12.1 Å². The summed E-state index contributed by atoms with van der Waals surface area (Å²) in [4.78, 5) is 23.1. The van der Waals surface area contributed by atoms with Gasteiger partial charge in [0.05, 0.1) is 22.2 Å². The summed E-state index contributed by atoms with van der Waals surface area (Å²) in [6, 6.07) is 9.66. The van der Waals surface area contributed by atoms with Crippen LogP contribution in [0.3, 0.4) is 0 Å². The summed E-state index contributed by atoms with van der Waals surface area (Å²) in [7, 11) is 0. The van der Waals surface area contributed by atoms with Gasteiger partial charge in [-0.15, -0.1) is 0 Å². The molecule has 0 aromatic heterocycles. The van der Waals surface area contributed by atoms with E-state index in [9.17, 15) is 14.7 Å². The number of carboxylic acids is 1. The van der Waals surface area contributed by atoms with E-state index in [1.807, 2.05) is 0 Å². The second-order valence-corrected chi connectivity index (χ2v) is 7.77. The van der Waals surface area contributed by atoms with Crippen molar-refractivity contribution < 1.29 is 24.2 Å². The lowest BCUT2D eigenvalue weighted by atomic mass is 10.0. The van der Waals surface area contributed by atoms with Gasteiger partial charge in [-0.25, -0.2) is 9.59 Å². The van der Waals surface area contributed by atoms with E-state index >= 15 is 0 Å². The van der Waals surface area contributed by atoms with Crippen LogP contribution < -0.4 is 10.1 Å². The smallest absolute Gasteiger partial charge is 0.407 e. The van der Waals surface area contributed by atoms with Gasteiger partial charge in [0.15, 0.2) is 0 Å². The summed E-state index contributed by atoms with van der Waals surface area (Å²) in [5.74, 6) is -0.731. The summed E-state index contributed by atoms with van der Waals surface area (Å²) in [5.41, 5.74) is 0.802. The number of halogens is 2. The van der Waals surface area contributed by atoms with Gasteiger partial charge < -0.3 is 19.9 Å². The maximum atomic E-state index is 11.6. The lowest BCUT2D eigenvalue weighted by Crippen LogP contribution is -2.34. The fourth-order valence-corrected chi connectivity index (χ4v) is 2.58. The molecule has 150 valence electrons. The summed E-state index contributed by atoms with van der Waals surface area (Å²) in [6.07, 6.45) is -0.549. The monoisotopic (exact) mass is 425 g/mol. The van der Waals surface area contributed by atoms with Gasteiger partial charge in [-0.3, -0.25) is 0 Å². The van der Waals surface area contributed by atoms with Crippen LogP contribution in [0.25, 0.3) is 11.1 Å². The SMILES string of the molecule is CC(C)(C)OC(=O)NCCOc1cc(C(=O)O)cc(-c2ccc(Cl)c(Cl)c2)c1. The van der Waals surface area contributed by atoms with E-state index in [1.54, 1.807) is 45.0 Å². The first kappa shape index (κ1) is 21.9. The predicted molar refractivity (Wildman–Crippen MR) is 109 cm³/mol. The number of nitrogens with one attached hydrogen (secondary N) is 1. The first-order valence-electron chi connectivity index (χ1n) is 8.48. The summed E-state index contributed by atoms with van der Waals surface area (Å²) < 4.78 is 10.7. The van der Waals surface area contributed by atoms with Crippen molar-refractivity contribution in [1.82, 2.24) is 5.32 Å². The van der Waals surface area contributed by atoms with Gasteiger partial charge in [0.1, 0.15) is 18.0 Å². The number of carbonyl (C=O) groups is 2. The number of alkyl carbamates (subject to hydrolysis) is 1. The number of hydrogen-bond acceptors (Lipinski definition) is 4. The number of benzene rings is 2. The van der Waals surface area contributed by atoms with Crippen molar-refractivity contribution in [1.29, 1.82) is 0 Å². The van der Waals surface area contributed by atoms with Gasteiger partial charge in [0.25, 0.3) is 0 Å². The van der Waals surface area contributed by atoms with Crippen LogP contribution in [0, 0.1) is 0 Å². The first-order chi connectivity index (χ1) is 13.0. The topological polar surface area (TPSA) is 84.9 Å². The minimum atomic E-state index is -1.08. The Kier molecular flexibility index (Phi) is 7.16. The Morgan fingerprint density at radius 3 is 2.36 bits per heavy atom. The lowest BCUT2D eigenvalue weighted by Gasteiger charge is -2.19. The molecule has 2 aromatic rings. The maximum Gasteiger partial charge on any atom is 0.407 e. The fourth-order valence-electron chi connectivity index (χ4n) is 2.28. The van der Waals surface area contributed by atoms with E-state index in [0.29, 0.717) is 26.9 Å². The van der Waals surface area contributed by atoms with Crippen molar-refractivity contribution in [2.75, 3.05) is 13.2 Å². The molecule has 0 atom stereocenters. The fraction of sp³-hybridized carbons (Fsp3) is 0.300. The Balaban J connectivity index is 2.09. The van der Waals surface area contributed by atoms with Crippen LogP contribution in [-0.4, -0.2) is 35.9 Å². The average Bonchev–Trinajstić information content (AvgIpc) is 2.59. The molecule has 0 unspecified atom stereocenters. The van der Waals surface area contributed by atoms with Gasteiger partial charge in [-0.2, -0.15) is 0 Å². The predicted octanol–water partition coefficient (Wildman–Crippen LogP) is 5.26. The van der Waals surface area contributed by atoms with Crippen LogP contribution in [0.2, 0.25) is 10.0 Å². The van der Waals surface area contributed by atoms with E-state index < -0.39 is 17.7 Å². The first-order valence-corrected chi connectivity index (χ1v) is 9.24. The minimum absolute atomic E-state index is 0.0682. The zero-order valence-corrected chi connectivity index (χ0v) is 17.2. The highest BCUT2D eigenvalue weighted by Crippen LogP contribution is 2.31. The molecule has 8 heteroatoms. The molecule has 0 aliphatic carbocycles. The third kappa shape index (κ3) is 6.62. The zero-order valence-electron chi connectivity index (χ0n) is 15.7. The molecule has 0 saturated carbocycles. The molecule has 2 aromatic carbocycles. The van der Waals surface area contributed by atoms with Crippen molar-refractivity contribution in [2.45, 2.75) is 26.4 Å². The Morgan fingerprint density at radius 1 is 1.04 bits per heavy atom. The maximum absolute atomic E-state index is 11.6. The molecule has 28 heavy (non-hydrogen) atoms. The molecule has 2 rings (SSSR count). The summed E-state index contributed by atoms with van der Waals surface area (Å²) in [5, 5.41) is 12.7. The Morgan fingerprint density at radius 2 is 1.75 bits per heavy atom. The molecular weight excluding hydrogens is 405 g/mol. The summed E-state index contributed by atoms with van der Waals surface area (Å²) in [6.45, 7) is 5.65. The van der Waals surface area contributed by atoms with Crippen LogP contribution in [0.15, 0.2) is 36.4 Å². The van der Waals surface area contributed by atoms with Gasteiger partial charge in [-0.1, -0.05) is 29.3 Å². The van der Waals surface area contributed by atoms with Gasteiger partial charge in [0, 0.05) is 0 Å². The van der Waals surface area contributed by atoms with Crippen LogP contribution in [0.5, 0.6) is 5.75 Å². The molecule has 1 amide bonds. The molecule has 0 heterocycles. The highest BCUT2D eigenvalue weighted by Gasteiger charge is 2.15. The van der Waals surface area contributed by atoms with Crippen molar-refractivity contribution >= 4 is 35.3 Å². The van der Waals surface area contributed by atoms with E-state index in [0.717, 1.165) is 0 Å². The van der Waals surface area contributed by atoms with Crippen molar-refractivity contribution in [3.05, 3.63) is 52.0 Å². The number of ether oxygens (including phenoxy) is 2. The molecule has 0 spiro atoms. The standard InChI is InChI=1S/C20H21Cl2NO5/c1-20(2,3)28-19(26)23-6-7-27-15-9-13(8-14(10-15)18(24)25)12-4-5-16(21)17(22)11-12/h4-5,8-11H,6-7H2,1-3H3,(H,23,26)(H,24,25). The average molecular weight is 426 g/mol. The van der Waals surface area contributed by atoms with Crippen LogP contribution in [0.1, 0.15) is 31.1 Å². The molecule has 0 aliphatic heterocycles. The number of amides is 1. The Bertz CT molecular complexity index is 877. The molecule has 0 fully saturated rings. The van der Waals surface area contributed by atoms with Gasteiger partial charge in [-0.05, 0) is 62.2 Å². The molecular formula is C20H21Cl2NO5. The van der Waals surface area contributed by atoms with E-state index in [4.69, 9.17) is 32.7 Å². The third-order valence-electron chi connectivity index (χ3n) is 3.45. The van der Waals surface area contributed by atoms with Crippen LogP contribution in [-0.2, 0) is 4.74 Å². The van der Waals surface area contributed by atoms with Crippen LogP contribution >= 0.6 is 23.2 Å². The molecule has 0 aliphatic rings. The second kappa shape index (κ2) is 9.17. The van der Waals surface area contributed by atoms with Crippen molar-refractivity contribution in [2.24, 2.45) is 0 Å². The molecule has 0 radical (unpaired) electrons. The molecule has 0 bridgehead atoms. The molecule has 2 N–H and O–H groups in total. The quantitative estimate of drug-likeness (QED) is 0.616. The number of aromatic carboxylic acids is 1. The number of carboxylic acid groups (broad SMARTS) is 1. The van der Waals surface area contributed by atoms with Crippen LogP contribution in [0.4, 0.5) is 4.79 Å². The van der Waals surface area contributed by atoms with Crippen molar-refractivity contribution in [3.8, 4) is 16.9 Å². The Labute approximate surface area is 173 Å². The highest BCUT2D eigenvalue weighted by molar-refractivity contribution is 6.42. The number of rotatable bonds is 6. The number of hydrogen-bond donors (Lipinski definition) is 2. The van der Waals surface area contributed by atoms with Gasteiger partial charge in [0.2, 0.25) is 0 Å². The normalized spacial score (nSPS) is 11.0. The van der Waals surface area contributed by atoms with E-state index in [2.05, 4.69) is 5.32 Å². The molecule has 0 saturated heterocycles. The highest BCUT2D eigenvalue weighted by atomic mass is 35.5. The number of carbonyl (C=O) groups excluding carboxylic acids is 1. The Hall–Kier alpha value is -2.44. The lowest BCUT2D eigenvalue weighted by molar-refractivity contribution is 0.0520. The van der Waals surface area contributed by atoms with Gasteiger partial charge >= 0.3 is 12.1 Å². The van der Waals surface area contributed by atoms with Crippen molar-refractivity contribution in [3.63, 3.8) is 0 Å². The third-order valence-corrected chi connectivity index (χ3v) is 4.18. The summed E-state index contributed by atoms with van der Waals surface area (Å²) >= 11 is 12.0. The minimum Gasteiger partial charge on any atom is -0.492 e. The largest absolute Gasteiger partial charge is 0.492 e. The zero-order chi connectivity index (χ0) is 20.9. The molecule has 6 nitrogen and oxygen atoms in total. The second-order valence-electron chi connectivity index (χ2n) is 6.96.